The minimum Gasteiger partial charge on any atom is -0.352 e. The van der Waals surface area contributed by atoms with Gasteiger partial charge in [-0.3, -0.25) is 9.59 Å². The number of nitrogens with two attached hydrogens (primary N) is 1. The molecule has 2 amide bonds. The van der Waals surface area contributed by atoms with Gasteiger partial charge in [0.05, 0.1) is 6.04 Å². The minimum absolute atomic E-state index is 0.0412. The number of likely N-dealkylation sites (tertiary alicyclic amines) is 1. The van der Waals surface area contributed by atoms with Crippen molar-refractivity contribution in [3.05, 3.63) is 0 Å². The molecule has 3 N–H and O–H groups in total. The van der Waals surface area contributed by atoms with E-state index in [0.29, 0.717) is 13.1 Å². The number of nitrogens with one attached hydrogen (secondary N) is 1. The van der Waals surface area contributed by atoms with E-state index in [9.17, 15) is 9.59 Å². The fourth-order valence-corrected chi connectivity index (χ4v) is 1.81. The first-order valence-corrected chi connectivity index (χ1v) is 5.29. The molecule has 1 fully saturated rings. The Kier molecular flexibility index (Phi) is 4.32. The molecule has 2 atom stereocenters. The van der Waals surface area contributed by atoms with E-state index in [-0.39, 0.29) is 24.3 Å². The van der Waals surface area contributed by atoms with Crippen molar-refractivity contribution >= 4 is 11.8 Å². The van der Waals surface area contributed by atoms with E-state index >= 15 is 0 Å². The number of carbonyl (C=O) groups is 2. The Balaban J connectivity index is 2.44. The van der Waals surface area contributed by atoms with Crippen LogP contribution in [0.5, 0.6) is 0 Å². The second kappa shape index (κ2) is 5.52. The average molecular weight is 223 g/mol. The SMILES string of the molecule is C#CCC(N)C(=O)N1CCC(NC(C)=O)C1. The second-order valence-electron chi connectivity index (χ2n) is 3.99. The molecular weight excluding hydrogens is 206 g/mol. The van der Waals surface area contributed by atoms with Gasteiger partial charge >= 0.3 is 0 Å². The summed E-state index contributed by atoms with van der Waals surface area (Å²) in [6.07, 6.45) is 6.12. The number of carbonyl (C=O) groups excluding carboxylic acids is 2. The molecule has 5 nitrogen and oxygen atoms in total. The number of terminal acetylenes is 1. The van der Waals surface area contributed by atoms with E-state index in [4.69, 9.17) is 12.2 Å². The summed E-state index contributed by atoms with van der Waals surface area (Å²) in [6, 6.07) is -0.583. The van der Waals surface area contributed by atoms with Crippen molar-refractivity contribution in [2.75, 3.05) is 13.1 Å². The van der Waals surface area contributed by atoms with Gasteiger partial charge < -0.3 is 16.0 Å². The fraction of sp³-hybridized carbons (Fsp3) is 0.636. The van der Waals surface area contributed by atoms with E-state index in [1.807, 2.05) is 0 Å². The van der Waals surface area contributed by atoms with Gasteiger partial charge in [-0.25, -0.2) is 0 Å². The van der Waals surface area contributed by atoms with Gasteiger partial charge in [0.15, 0.2) is 0 Å². The molecule has 1 heterocycles. The highest BCUT2D eigenvalue weighted by atomic mass is 16.2. The number of hydrogen-bond acceptors (Lipinski definition) is 3. The van der Waals surface area contributed by atoms with E-state index in [2.05, 4.69) is 11.2 Å². The molecule has 88 valence electrons. The Hall–Kier alpha value is -1.54. The molecule has 2 unspecified atom stereocenters. The first-order valence-electron chi connectivity index (χ1n) is 5.29. The molecule has 0 aromatic rings. The monoisotopic (exact) mass is 223 g/mol. The van der Waals surface area contributed by atoms with E-state index in [1.165, 1.54) is 6.92 Å². The van der Waals surface area contributed by atoms with Crippen molar-refractivity contribution < 1.29 is 9.59 Å². The van der Waals surface area contributed by atoms with Gasteiger partial charge in [0.2, 0.25) is 11.8 Å². The zero-order valence-corrected chi connectivity index (χ0v) is 9.40. The van der Waals surface area contributed by atoms with Gasteiger partial charge in [-0.1, -0.05) is 0 Å². The standard InChI is InChI=1S/C11H17N3O2/c1-3-4-10(12)11(16)14-6-5-9(7-14)13-8(2)15/h1,9-10H,4-7,12H2,2H3,(H,13,15). The number of nitrogens with zero attached hydrogens (tertiary/aromatic N) is 1. The Morgan fingerprint density at radius 1 is 1.69 bits per heavy atom. The highest BCUT2D eigenvalue weighted by molar-refractivity contribution is 5.82. The molecule has 0 spiro atoms. The Morgan fingerprint density at radius 2 is 2.38 bits per heavy atom. The molecule has 5 heteroatoms. The van der Waals surface area contributed by atoms with Crippen molar-refractivity contribution in [1.29, 1.82) is 0 Å². The van der Waals surface area contributed by atoms with Crippen molar-refractivity contribution in [3.63, 3.8) is 0 Å². The van der Waals surface area contributed by atoms with E-state index in [1.54, 1.807) is 4.90 Å². The molecule has 1 aliphatic rings. The molecule has 0 bridgehead atoms. The van der Waals surface area contributed by atoms with Crippen LogP contribution in [0.3, 0.4) is 0 Å². The van der Waals surface area contributed by atoms with Crippen molar-refractivity contribution in [3.8, 4) is 12.3 Å². The molecule has 1 saturated heterocycles. The molecule has 0 aromatic heterocycles. The van der Waals surface area contributed by atoms with E-state index in [0.717, 1.165) is 6.42 Å². The highest BCUT2D eigenvalue weighted by Crippen LogP contribution is 2.10. The van der Waals surface area contributed by atoms with Crippen LogP contribution in [0, 0.1) is 12.3 Å². The normalized spacial score (nSPS) is 21.3. The first-order chi connectivity index (χ1) is 7.54. The summed E-state index contributed by atoms with van der Waals surface area (Å²) in [5.41, 5.74) is 5.63. The quantitative estimate of drug-likeness (QED) is 0.607. The summed E-state index contributed by atoms with van der Waals surface area (Å²) in [5.74, 6) is 2.16. The van der Waals surface area contributed by atoms with Gasteiger partial charge in [-0.15, -0.1) is 12.3 Å². The van der Waals surface area contributed by atoms with Crippen molar-refractivity contribution in [2.24, 2.45) is 5.73 Å². The van der Waals surface area contributed by atoms with Crippen LogP contribution >= 0.6 is 0 Å². The maximum atomic E-state index is 11.8. The highest BCUT2D eigenvalue weighted by Gasteiger charge is 2.29. The predicted octanol–water partition coefficient (Wildman–Crippen LogP) is -0.926. The molecule has 1 rings (SSSR count). The van der Waals surface area contributed by atoms with Gasteiger partial charge in [-0.2, -0.15) is 0 Å². The lowest BCUT2D eigenvalue weighted by molar-refractivity contribution is -0.131. The van der Waals surface area contributed by atoms with Crippen LogP contribution in [0.1, 0.15) is 19.8 Å². The van der Waals surface area contributed by atoms with Crippen molar-refractivity contribution in [1.82, 2.24) is 10.2 Å². The number of rotatable bonds is 3. The summed E-state index contributed by atoms with van der Waals surface area (Å²) in [5, 5.41) is 2.78. The maximum absolute atomic E-state index is 11.8. The predicted molar refractivity (Wildman–Crippen MR) is 60.2 cm³/mol. The first kappa shape index (κ1) is 12.5. The third kappa shape index (κ3) is 3.24. The van der Waals surface area contributed by atoms with Crippen LogP contribution in [-0.4, -0.2) is 41.9 Å². The second-order valence-corrected chi connectivity index (χ2v) is 3.99. The summed E-state index contributed by atoms with van der Waals surface area (Å²) in [7, 11) is 0. The molecule has 1 aliphatic heterocycles. The van der Waals surface area contributed by atoms with E-state index < -0.39 is 6.04 Å². The van der Waals surface area contributed by atoms with Crippen LogP contribution < -0.4 is 11.1 Å². The van der Waals surface area contributed by atoms with Gasteiger partial charge in [0.1, 0.15) is 0 Å². The van der Waals surface area contributed by atoms with Gasteiger partial charge in [-0.05, 0) is 6.42 Å². The summed E-state index contributed by atoms with van der Waals surface area (Å²) >= 11 is 0. The maximum Gasteiger partial charge on any atom is 0.240 e. The van der Waals surface area contributed by atoms with Gasteiger partial charge in [0, 0.05) is 32.5 Å². The summed E-state index contributed by atoms with van der Waals surface area (Å²) in [4.78, 5) is 24.3. The minimum atomic E-state index is -0.624. The number of amides is 2. The lowest BCUT2D eigenvalue weighted by Gasteiger charge is -2.19. The summed E-state index contributed by atoms with van der Waals surface area (Å²) < 4.78 is 0. The Morgan fingerprint density at radius 3 is 2.94 bits per heavy atom. The van der Waals surface area contributed by atoms with Crippen LogP contribution in [-0.2, 0) is 9.59 Å². The molecule has 0 radical (unpaired) electrons. The Labute approximate surface area is 95.4 Å². The molecule has 16 heavy (non-hydrogen) atoms. The van der Waals surface area contributed by atoms with Gasteiger partial charge in [0.25, 0.3) is 0 Å². The lowest BCUT2D eigenvalue weighted by atomic mass is 10.2. The molecular formula is C11H17N3O2. The van der Waals surface area contributed by atoms with Crippen LogP contribution in [0.2, 0.25) is 0 Å². The molecule has 0 saturated carbocycles. The third-order valence-corrected chi connectivity index (χ3v) is 2.56. The molecule has 0 aliphatic carbocycles. The number of hydrogen-bond donors (Lipinski definition) is 2. The van der Waals surface area contributed by atoms with Crippen molar-refractivity contribution in [2.45, 2.75) is 31.8 Å². The average Bonchev–Trinajstić information content (AvgIpc) is 2.64. The third-order valence-electron chi connectivity index (χ3n) is 2.56. The topological polar surface area (TPSA) is 75.4 Å². The molecule has 0 aromatic carbocycles. The van der Waals surface area contributed by atoms with Crippen LogP contribution in [0.4, 0.5) is 0 Å². The fourth-order valence-electron chi connectivity index (χ4n) is 1.81. The van der Waals surface area contributed by atoms with Crippen LogP contribution in [0.15, 0.2) is 0 Å². The lowest BCUT2D eigenvalue weighted by Crippen LogP contribution is -2.44. The van der Waals surface area contributed by atoms with Crippen LogP contribution in [0.25, 0.3) is 0 Å². The zero-order valence-electron chi connectivity index (χ0n) is 9.40. The smallest absolute Gasteiger partial charge is 0.240 e. The summed E-state index contributed by atoms with van der Waals surface area (Å²) in [6.45, 7) is 2.62. The Bertz CT molecular complexity index is 322. The largest absolute Gasteiger partial charge is 0.352 e. The zero-order chi connectivity index (χ0) is 12.1.